The maximum Gasteiger partial charge on any atom is 0.331 e. The smallest absolute Gasteiger partial charge is 0.331 e. The first-order chi connectivity index (χ1) is 10.5. The molecule has 0 spiro atoms. The standard InChI is InChI=1S/C15H17NO6/c1-3-21-13(17)15(14(18)22-4-2)11(12(15)16(19)20)10-8-6-5-7-9-10/h5-9,11-12H,3-4H2,1-2H3. The predicted octanol–water partition coefficient (Wildman–Crippen LogP) is 1.54. The van der Waals surface area contributed by atoms with E-state index in [1.54, 1.807) is 44.2 Å². The van der Waals surface area contributed by atoms with Gasteiger partial charge in [0.25, 0.3) is 0 Å². The van der Waals surface area contributed by atoms with Gasteiger partial charge in [-0.15, -0.1) is 0 Å². The molecule has 0 saturated heterocycles. The zero-order valence-corrected chi connectivity index (χ0v) is 12.4. The van der Waals surface area contributed by atoms with Gasteiger partial charge in [0.15, 0.2) is 0 Å². The lowest BCUT2D eigenvalue weighted by Gasteiger charge is -2.13. The molecule has 2 rings (SSSR count). The summed E-state index contributed by atoms with van der Waals surface area (Å²) < 4.78 is 9.85. The average molecular weight is 307 g/mol. The van der Waals surface area contributed by atoms with Crippen molar-refractivity contribution in [2.75, 3.05) is 13.2 Å². The van der Waals surface area contributed by atoms with Crippen molar-refractivity contribution in [3.63, 3.8) is 0 Å². The Morgan fingerprint density at radius 1 is 1.14 bits per heavy atom. The lowest BCUT2D eigenvalue weighted by atomic mass is 9.99. The molecular formula is C15H17NO6. The van der Waals surface area contributed by atoms with E-state index in [2.05, 4.69) is 0 Å². The summed E-state index contributed by atoms with van der Waals surface area (Å²) in [5, 5.41) is 11.4. The summed E-state index contributed by atoms with van der Waals surface area (Å²) in [5.74, 6) is -2.67. The van der Waals surface area contributed by atoms with Crippen LogP contribution in [0.2, 0.25) is 0 Å². The Balaban J connectivity index is 2.48. The number of hydrogen-bond donors (Lipinski definition) is 0. The number of benzene rings is 1. The van der Waals surface area contributed by atoms with E-state index in [4.69, 9.17) is 9.47 Å². The van der Waals surface area contributed by atoms with Crippen molar-refractivity contribution in [3.05, 3.63) is 46.0 Å². The fourth-order valence-electron chi connectivity index (χ4n) is 2.84. The molecule has 0 N–H and O–H groups in total. The number of rotatable bonds is 6. The normalized spacial score (nSPS) is 21.7. The van der Waals surface area contributed by atoms with Crippen molar-refractivity contribution >= 4 is 11.9 Å². The van der Waals surface area contributed by atoms with Crippen LogP contribution in [0.3, 0.4) is 0 Å². The van der Waals surface area contributed by atoms with E-state index in [1.165, 1.54) is 0 Å². The molecule has 0 aliphatic heterocycles. The van der Waals surface area contributed by atoms with Crippen LogP contribution in [0.1, 0.15) is 25.3 Å². The minimum Gasteiger partial charge on any atom is -0.465 e. The highest BCUT2D eigenvalue weighted by Crippen LogP contribution is 2.62. The van der Waals surface area contributed by atoms with Crippen LogP contribution in [-0.4, -0.2) is 36.1 Å². The van der Waals surface area contributed by atoms with Gasteiger partial charge < -0.3 is 9.47 Å². The maximum atomic E-state index is 12.3. The Kier molecular flexibility index (Phi) is 4.44. The first-order valence-corrected chi connectivity index (χ1v) is 7.04. The molecule has 1 aliphatic carbocycles. The average Bonchev–Trinajstić information content (AvgIpc) is 3.20. The van der Waals surface area contributed by atoms with Gasteiger partial charge in [0.05, 0.1) is 19.1 Å². The van der Waals surface area contributed by atoms with Gasteiger partial charge in [-0.3, -0.25) is 19.7 Å². The first kappa shape index (κ1) is 15.9. The van der Waals surface area contributed by atoms with E-state index in [1.807, 2.05) is 0 Å². The van der Waals surface area contributed by atoms with Crippen LogP contribution in [0.5, 0.6) is 0 Å². The summed E-state index contributed by atoms with van der Waals surface area (Å²) in [7, 11) is 0. The molecule has 0 heterocycles. The zero-order chi connectivity index (χ0) is 16.3. The Bertz CT molecular complexity index is 567. The Morgan fingerprint density at radius 3 is 2.05 bits per heavy atom. The third kappa shape index (κ3) is 2.32. The van der Waals surface area contributed by atoms with Crippen molar-refractivity contribution in [2.24, 2.45) is 5.41 Å². The molecule has 1 fully saturated rings. The van der Waals surface area contributed by atoms with Gasteiger partial charge in [-0.1, -0.05) is 30.3 Å². The number of carbonyl (C=O) groups excluding carboxylic acids is 2. The highest BCUT2D eigenvalue weighted by molar-refractivity contribution is 6.06. The van der Waals surface area contributed by atoms with Crippen LogP contribution in [0.15, 0.2) is 30.3 Å². The molecule has 0 bridgehead atoms. The highest BCUT2D eigenvalue weighted by atomic mass is 16.6. The molecule has 1 saturated carbocycles. The summed E-state index contributed by atoms with van der Waals surface area (Å²) in [5.41, 5.74) is -1.35. The first-order valence-electron chi connectivity index (χ1n) is 7.04. The Labute approximate surface area is 127 Å². The monoisotopic (exact) mass is 307 g/mol. The quantitative estimate of drug-likeness (QED) is 0.342. The highest BCUT2D eigenvalue weighted by Gasteiger charge is 2.85. The second-order valence-electron chi connectivity index (χ2n) is 4.93. The van der Waals surface area contributed by atoms with E-state index in [9.17, 15) is 19.7 Å². The van der Waals surface area contributed by atoms with Crippen molar-refractivity contribution < 1.29 is 24.0 Å². The van der Waals surface area contributed by atoms with E-state index in [0.717, 1.165) is 0 Å². The van der Waals surface area contributed by atoms with Crippen LogP contribution in [-0.2, 0) is 19.1 Å². The molecule has 0 amide bonds. The lowest BCUT2D eigenvalue weighted by Crippen LogP contribution is -2.35. The molecule has 0 radical (unpaired) electrons. The topological polar surface area (TPSA) is 95.7 Å². The largest absolute Gasteiger partial charge is 0.465 e. The van der Waals surface area contributed by atoms with Gasteiger partial charge >= 0.3 is 11.9 Å². The molecule has 1 aliphatic rings. The van der Waals surface area contributed by atoms with E-state index < -0.39 is 34.2 Å². The zero-order valence-electron chi connectivity index (χ0n) is 12.4. The number of nitro groups is 1. The SMILES string of the molecule is CCOC(=O)C1(C(=O)OCC)C(c2ccccc2)C1[N+](=O)[O-]. The number of carbonyl (C=O) groups is 2. The predicted molar refractivity (Wildman–Crippen MR) is 75.7 cm³/mol. The van der Waals surface area contributed by atoms with Crippen LogP contribution in [0, 0.1) is 15.5 Å². The van der Waals surface area contributed by atoms with Crippen molar-refractivity contribution in [1.82, 2.24) is 0 Å². The Hall–Kier alpha value is -2.44. The van der Waals surface area contributed by atoms with Crippen molar-refractivity contribution in [1.29, 1.82) is 0 Å². The summed E-state index contributed by atoms with van der Waals surface area (Å²) in [4.78, 5) is 35.4. The lowest BCUT2D eigenvalue weighted by molar-refractivity contribution is -0.501. The summed E-state index contributed by atoms with van der Waals surface area (Å²) in [6, 6.07) is 7.09. The van der Waals surface area contributed by atoms with Gasteiger partial charge in [0.1, 0.15) is 0 Å². The molecule has 1 aromatic rings. The molecule has 22 heavy (non-hydrogen) atoms. The molecule has 7 heteroatoms. The minimum absolute atomic E-state index is 0.0337. The van der Waals surface area contributed by atoms with Gasteiger partial charge in [-0.2, -0.15) is 0 Å². The Morgan fingerprint density at radius 2 is 1.64 bits per heavy atom. The number of ether oxygens (including phenoxy) is 2. The van der Waals surface area contributed by atoms with Gasteiger partial charge in [-0.25, -0.2) is 0 Å². The molecule has 0 aromatic heterocycles. The number of nitrogens with zero attached hydrogens (tertiary/aromatic N) is 1. The number of esters is 2. The third-order valence-corrected chi connectivity index (χ3v) is 3.78. The van der Waals surface area contributed by atoms with Crippen LogP contribution >= 0.6 is 0 Å². The van der Waals surface area contributed by atoms with Crippen molar-refractivity contribution in [2.45, 2.75) is 25.8 Å². The molecule has 118 valence electrons. The van der Waals surface area contributed by atoms with Crippen LogP contribution in [0.25, 0.3) is 0 Å². The summed E-state index contributed by atoms with van der Waals surface area (Å²) in [6.07, 6.45) is 0. The fourth-order valence-corrected chi connectivity index (χ4v) is 2.84. The maximum absolute atomic E-state index is 12.3. The van der Waals surface area contributed by atoms with Gasteiger partial charge in [0, 0.05) is 4.92 Å². The van der Waals surface area contributed by atoms with Gasteiger partial charge in [0.2, 0.25) is 11.5 Å². The minimum atomic E-state index is -1.89. The molecule has 2 atom stereocenters. The summed E-state index contributed by atoms with van der Waals surface area (Å²) >= 11 is 0. The second-order valence-corrected chi connectivity index (χ2v) is 4.93. The van der Waals surface area contributed by atoms with E-state index in [-0.39, 0.29) is 13.2 Å². The summed E-state index contributed by atoms with van der Waals surface area (Å²) in [6.45, 7) is 3.23. The third-order valence-electron chi connectivity index (χ3n) is 3.78. The van der Waals surface area contributed by atoms with Crippen molar-refractivity contribution in [3.8, 4) is 0 Å². The molecule has 7 nitrogen and oxygen atoms in total. The molecule has 1 aromatic carbocycles. The molecular weight excluding hydrogens is 290 g/mol. The second kappa shape index (κ2) is 6.13. The van der Waals surface area contributed by atoms with Crippen LogP contribution in [0.4, 0.5) is 0 Å². The molecule has 2 unspecified atom stereocenters. The fraction of sp³-hybridized carbons (Fsp3) is 0.467. The van der Waals surface area contributed by atoms with Crippen LogP contribution < -0.4 is 0 Å². The van der Waals surface area contributed by atoms with E-state index in [0.29, 0.717) is 5.56 Å². The van der Waals surface area contributed by atoms with E-state index >= 15 is 0 Å². The number of hydrogen-bond acceptors (Lipinski definition) is 6. The van der Waals surface area contributed by atoms with Gasteiger partial charge in [-0.05, 0) is 19.4 Å².